The topological polar surface area (TPSA) is 29.1 Å². The molecule has 2 nitrogen and oxygen atoms in total. The summed E-state index contributed by atoms with van der Waals surface area (Å²) in [5.74, 6) is 0.0694. The molecule has 0 aliphatic carbocycles. The van der Waals surface area contributed by atoms with Crippen molar-refractivity contribution in [2.24, 2.45) is 5.92 Å². The second kappa shape index (κ2) is 5.49. The Morgan fingerprint density at radius 1 is 1.47 bits per heavy atom. The fourth-order valence-corrected chi connectivity index (χ4v) is 1.21. The molecule has 1 rings (SSSR count). The van der Waals surface area contributed by atoms with Crippen molar-refractivity contribution >= 4 is 5.91 Å². The molecule has 0 heterocycles. The normalized spacial score (nSPS) is 10.4. The minimum Gasteiger partial charge on any atom is -0.356 e. The molecule has 1 N–H and O–H groups in total. The van der Waals surface area contributed by atoms with Gasteiger partial charge in [-0.25, -0.2) is 4.39 Å². The third kappa shape index (κ3) is 4.58. The molecule has 0 aromatic heterocycles. The van der Waals surface area contributed by atoms with Crippen molar-refractivity contribution in [2.45, 2.75) is 20.3 Å². The fraction of sp³-hybridized carbons (Fsp3) is 0.417. The van der Waals surface area contributed by atoms with Gasteiger partial charge in [0.15, 0.2) is 0 Å². The van der Waals surface area contributed by atoms with E-state index >= 15 is 0 Å². The maximum atomic E-state index is 12.8. The lowest BCUT2D eigenvalue weighted by Gasteiger charge is -2.07. The van der Waals surface area contributed by atoms with E-state index in [0.29, 0.717) is 18.0 Å². The third-order valence-electron chi connectivity index (χ3n) is 1.96. The maximum absolute atomic E-state index is 12.8. The van der Waals surface area contributed by atoms with Gasteiger partial charge in [-0.2, -0.15) is 0 Å². The van der Waals surface area contributed by atoms with Crippen LogP contribution in [0.5, 0.6) is 0 Å². The van der Waals surface area contributed by atoms with Crippen molar-refractivity contribution in [3.05, 3.63) is 35.6 Å². The minimum atomic E-state index is -0.302. The van der Waals surface area contributed by atoms with Crippen LogP contribution in [0.1, 0.15) is 19.4 Å². The fourth-order valence-electron chi connectivity index (χ4n) is 1.21. The molecular formula is C12H16FNO. The lowest BCUT2D eigenvalue weighted by molar-refractivity contribution is -0.120. The van der Waals surface area contributed by atoms with Crippen LogP contribution in [0.25, 0.3) is 0 Å². The zero-order chi connectivity index (χ0) is 11.3. The van der Waals surface area contributed by atoms with Crippen LogP contribution < -0.4 is 5.32 Å². The molecule has 0 spiro atoms. The van der Waals surface area contributed by atoms with Gasteiger partial charge >= 0.3 is 0 Å². The summed E-state index contributed by atoms with van der Waals surface area (Å²) < 4.78 is 12.8. The molecule has 0 atom stereocenters. The summed E-state index contributed by atoms with van der Waals surface area (Å²) in [6.07, 6.45) is 0.241. The monoisotopic (exact) mass is 209 g/mol. The third-order valence-corrected chi connectivity index (χ3v) is 1.96. The minimum absolute atomic E-state index is 0.0608. The van der Waals surface area contributed by atoms with Crippen LogP contribution in [0.4, 0.5) is 4.39 Å². The molecule has 0 saturated heterocycles. The highest BCUT2D eigenvalue weighted by Crippen LogP contribution is 2.04. The number of amides is 1. The molecule has 0 bridgehead atoms. The number of benzene rings is 1. The van der Waals surface area contributed by atoms with Crippen LogP contribution in [0, 0.1) is 11.7 Å². The molecular weight excluding hydrogens is 193 g/mol. The van der Waals surface area contributed by atoms with Crippen molar-refractivity contribution in [2.75, 3.05) is 6.54 Å². The summed E-state index contributed by atoms with van der Waals surface area (Å²) in [6, 6.07) is 6.11. The Hall–Kier alpha value is -1.38. The molecule has 0 fully saturated rings. The predicted molar refractivity (Wildman–Crippen MR) is 58.0 cm³/mol. The lowest BCUT2D eigenvalue weighted by Crippen LogP contribution is -2.28. The number of carbonyl (C=O) groups excluding carboxylic acids is 1. The van der Waals surface area contributed by atoms with Crippen molar-refractivity contribution in [1.82, 2.24) is 5.32 Å². The smallest absolute Gasteiger partial charge is 0.224 e. The first-order chi connectivity index (χ1) is 7.08. The number of hydrogen-bond acceptors (Lipinski definition) is 1. The Morgan fingerprint density at radius 2 is 2.20 bits per heavy atom. The number of carbonyl (C=O) groups is 1. The van der Waals surface area contributed by atoms with E-state index in [0.717, 1.165) is 0 Å². The lowest BCUT2D eigenvalue weighted by atomic mass is 10.1. The molecule has 0 saturated carbocycles. The van der Waals surface area contributed by atoms with Crippen molar-refractivity contribution < 1.29 is 9.18 Å². The summed E-state index contributed by atoms with van der Waals surface area (Å²) in [5, 5.41) is 2.79. The molecule has 1 amide bonds. The molecule has 0 aliphatic rings. The van der Waals surface area contributed by atoms with Gasteiger partial charge in [0.05, 0.1) is 6.42 Å². The molecule has 15 heavy (non-hydrogen) atoms. The maximum Gasteiger partial charge on any atom is 0.224 e. The highest BCUT2D eigenvalue weighted by molar-refractivity contribution is 5.78. The highest BCUT2D eigenvalue weighted by atomic mass is 19.1. The SMILES string of the molecule is CC(C)CNC(=O)Cc1cccc(F)c1. The first-order valence-electron chi connectivity index (χ1n) is 5.09. The zero-order valence-electron chi connectivity index (χ0n) is 9.09. The van der Waals surface area contributed by atoms with E-state index in [-0.39, 0.29) is 18.1 Å². The van der Waals surface area contributed by atoms with Gasteiger partial charge in [0.1, 0.15) is 5.82 Å². The number of nitrogens with one attached hydrogen (secondary N) is 1. The van der Waals surface area contributed by atoms with Gasteiger partial charge in [-0.3, -0.25) is 4.79 Å². The van der Waals surface area contributed by atoms with E-state index in [1.54, 1.807) is 12.1 Å². The summed E-state index contributed by atoms with van der Waals surface area (Å²) in [6.45, 7) is 4.72. The molecule has 1 aromatic carbocycles. The standard InChI is InChI=1S/C12H16FNO/c1-9(2)8-14-12(15)7-10-4-3-5-11(13)6-10/h3-6,9H,7-8H2,1-2H3,(H,14,15). The van der Waals surface area contributed by atoms with E-state index in [2.05, 4.69) is 5.32 Å². The summed E-state index contributed by atoms with van der Waals surface area (Å²) in [4.78, 5) is 11.4. The predicted octanol–water partition coefficient (Wildman–Crippen LogP) is 2.14. The van der Waals surface area contributed by atoms with Gasteiger partial charge in [0.25, 0.3) is 0 Å². The van der Waals surface area contributed by atoms with Crippen LogP contribution in [-0.4, -0.2) is 12.5 Å². The first kappa shape index (κ1) is 11.7. The van der Waals surface area contributed by atoms with Crippen molar-refractivity contribution in [3.63, 3.8) is 0 Å². The van der Waals surface area contributed by atoms with Gasteiger partial charge < -0.3 is 5.32 Å². The van der Waals surface area contributed by atoms with E-state index in [1.165, 1.54) is 12.1 Å². The van der Waals surface area contributed by atoms with E-state index in [9.17, 15) is 9.18 Å². The summed E-state index contributed by atoms with van der Waals surface area (Å²) >= 11 is 0. The van der Waals surface area contributed by atoms with E-state index in [4.69, 9.17) is 0 Å². The largest absolute Gasteiger partial charge is 0.356 e. The van der Waals surface area contributed by atoms with Crippen molar-refractivity contribution in [1.29, 1.82) is 0 Å². The quantitative estimate of drug-likeness (QED) is 0.808. The molecule has 3 heteroatoms. The van der Waals surface area contributed by atoms with Crippen LogP contribution in [0.2, 0.25) is 0 Å². The second-order valence-corrected chi connectivity index (χ2v) is 4.00. The van der Waals surface area contributed by atoms with Gasteiger partial charge in [0.2, 0.25) is 5.91 Å². The summed E-state index contributed by atoms with van der Waals surface area (Å²) in [5.41, 5.74) is 0.705. The number of hydrogen-bond donors (Lipinski definition) is 1. The van der Waals surface area contributed by atoms with Gasteiger partial charge in [-0.15, -0.1) is 0 Å². The molecule has 0 radical (unpaired) electrons. The Labute approximate surface area is 89.5 Å². The van der Waals surface area contributed by atoms with Gasteiger partial charge in [-0.1, -0.05) is 26.0 Å². The van der Waals surface area contributed by atoms with Crippen LogP contribution in [-0.2, 0) is 11.2 Å². The molecule has 0 aliphatic heterocycles. The Balaban J connectivity index is 2.44. The van der Waals surface area contributed by atoms with E-state index in [1.807, 2.05) is 13.8 Å². The molecule has 82 valence electrons. The second-order valence-electron chi connectivity index (χ2n) is 4.00. The van der Waals surface area contributed by atoms with Crippen LogP contribution in [0.3, 0.4) is 0 Å². The Kier molecular flexibility index (Phi) is 4.28. The Bertz CT molecular complexity index is 336. The average Bonchev–Trinajstić information content (AvgIpc) is 2.15. The van der Waals surface area contributed by atoms with Gasteiger partial charge in [0, 0.05) is 6.54 Å². The Morgan fingerprint density at radius 3 is 2.80 bits per heavy atom. The average molecular weight is 209 g/mol. The zero-order valence-corrected chi connectivity index (χ0v) is 9.09. The highest BCUT2D eigenvalue weighted by Gasteiger charge is 2.04. The van der Waals surface area contributed by atoms with Crippen LogP contribution >= 0.6 is 0 Å². The van der Waals surface area contributed by atoms with Crippen molar-refractivity contribution in [3.8, 4) is 0 Å². The van der Waals surface area contributed by atoms with Gasteiger partial charge in [-0.05, 0) is 23.6 Å². The number of rotatable bonds is 4. The number of halogens is 1. The molecule has 1 aromatic rings. The first-order valence-corrected chi connectivity index (χ1v) is 5.09. The molecule has 0 unspecified atom stereocenters. The van der Waals surface area contributed by atoms with E-state index < -0.39 is 0 Å². The summed E-state index contributed by atoms with van der Waals surface area (Å²) in [7, 11) is 0. The van der Waals surface area contributed by atoms with Crippen LogP contribution in [0.15, 0.2) is 24.3 Å².